The number of hydrogen-bond acceptors (Lipinski definition) is 4. The van der Waals surface area contributed by atoms with Crippen molar-refractivity contribution < 1.29 is 4.74 Å². The number of pyridine rings is 1. The summed E-state index contributed by atoms with van der Waals surface area (Å²) in [6, 6.07) is 7.56. The van der Waals surface area contributed by atoms with E-state index in [1.165, 1.54) is 0 Å². The molecule has 0 unspecified atom stereocenters. The molecule has 17 heavy (non-hydrogen) atoms. The highest BCUT2D eigenvalue weighted by atomic mass is 16.5. The number of nitrogens with two attached hydrogens (primary N) is 1. The van der Waals surface area contributed by atoms with Crippen LogP contribution in [0.15, 0.2) is 30.5 Å². The summed E-state index contributed by atoms with van der Waals surface area (Å²) >= 11 is 0. The predicted molar refractivity (Wildman–Crippen MR) is 70.2 cm³/mol. The molecule has 4 heteroatoms. The zero-order valence-corrected chi connectivity index (χ0v) is 10.2. The van der Waals surface area contributed by atoms with E-state index in [2.05, 4.69) is 9.88 Å². The second-order valence-corrected chi connectivity index (χ2v) is 4.20. The molecule has 1 aromatic heterocycles. The van der Waals surface area contributed by atoms with Crippen LogP contribution in [0.25, 0.3) is 10.9 Å². The van der Waals surface area contributed by atoms with Gasteiger partial charge in [-0.1, -0.05) is 0 Å². The summed E-state index contributed by atoms with van der Waals surface area (Å²) in [6.07, 6.45) is 1.75. The number of anilines is 1. The first-order valence-corrected chi connectivity index (χ1v) is 5.59. The van der Waals surface area contributed by atoms with Crippen LogP contribution in [-0.4, -0.2) is 37.1 Å². The molecule has 4 nitrogen and oxygen atoms in total. The van der Waals surface area contributed by atoms with Crippen molar-refractivity contribution >= 4 is 16.6 Å². The third-order valence-corrected chi connectivity index (χ3v) is 2.56. The van der Waals surface area contributed by atoms with E-state index in [1.54, 1.807) is 6.20 Å². The fraction of sp³-hybridized carbons (Fsp3) is 0.308. The van der Waals surface area contributed by atoms with E-state index in [1.807, 2.05) is 38.4 Å². The number of likely N-dealkylation sites (N-methyl/N-ethyl adjacent to an activating group) is 1. The van der Waals surface area contributed by atoms with Crippen LogP contribution in [-0.2, 0) is 0 Å². The van der Waals surface area contributed by atoms with E-state index < -0.39 is 0 Å². The van der Waals surface area contributed by atoms with Gasteiger partial charge in [-0.2, -0.15) is 0 Å². The van der Waals surface area contributed by atoms with Gasteiger partial charge in [-0.15, -0.1) is 0 Å². The molecule has 0 saturated heterocycles. The first-order chi connectivity index (χ1) is 8.18. The summed E-state index contributed by atoms with van der Waals surface area (Å²) < 4.78 is 5.73. The van der Waals surface area contributed by atoms with Gasteiger partial charge < -0.3 is 15.4 Å². The number of aromatic nitrogens is 1. The quantitative estimate of drug-likeness (QED) is 0.815. The topological polar surface area (TPSA) is 51.4 Å². The number of ether oxygens (including phenoxy) is 1. The van der Waals surface area contributed by atoms with Crippen LogP contribution in [0.1, 0.15) is 0 Å². The van der Waals surface area contributed by atoms with E-state index in [9.17, 15) is 0 Å². The maximum Gasteiger partial charge on any atom is 0.145 e. The Kier molecular flexibility index (Phi) is 3.44. The normalized spacial score (nSPS) is 11.0. The molecule has 0 radical (unpaired) electrons. The lowest BCUT2D eigenvalue weighted by Crippen LogP contribution is -2.19. The minimum Gasteiger partial charge on any atom is -0.490 e. The molecule has 2 rings (SSSR count). The first-order valence-electron chi connectivity index (χ1n) is 5.59. The van der Waals surface area contributed by atoms with Crippen LogP contribution in [0, 0.1) is 0 Å². The van der Waals surface area contributed by atoms with E-state index in [0.717, 1.165) is 28.9 Å². The lowest BCUT2D eigenvalue weighted by Gasteiger charge is -2.12. The molecular weight excluding hydrogens is 214 g/mol. The third kappa shape index (κ3) is 2.65. The van der Waals surface area contributed by atoms with Crippen LogP contribution < -0.4 is 10.5 Å². The monoisotopic (exact) mass is 231 g/mol. The van der Waals surface area contributed by atoms with Crippen LogP contribution >= 0.6 is 0 Å². The summed E-state index contributed by atoms with van der Waals surface area (Å²) in [5, 5.41) is 0.940. The summed E-state index contributed by atoms with van der Waals surface area (Å²) in [5.74, 6) is 0.789. The standard InChI is InChI=1S/C13H17N3O/c1-16(2)8-9-17-12-6-5-11(14)10-4-3-7-15-13(10)12/h3-7H,8-9,14H2,1-2H3. The van der Waals surface area contributed by atoms with Gasteiger partial charge >= 0.3 is 0 Å². The highest BCUT2D eigenvalue weighted by molar-refractivity contribution is 5.94. The van der Waals surface area contributed by atoms with E-state index in [-0.39, 0.29) is 0 Å². The Bertz CT molecular complexity index is 511. The molecular formula is C13H17N3O. The van der Waals surface area contributed by atoms with E-state index in [4.69, 9.17) is 10.5 Å². The fourth-order valence-electron chi connectivity index (χ4n) is 1.62. The maximum absolute atomic E-state index is 5.90. The summed E-state index contributed by atoms with van der Waals surface area (Å²) in [5.41, 5.74) is 7.45. The molecule has 0 fully saturated rings. The predicted octanol–water partition coefficient (Wildman–Crippen LogP) is 1.76. The molecule has 0 saturated carbocycles. The number of benzene rings is 1. The number of rotatable bonds is 4. The molecule has 1 aromatic carbocycles. The Morgan fingerprint density at radius 2 is 2.12 bits per heavy atom. The van der Waals surface area contributed by atoms with Gasteiger partial charge in [-0.25, -0.2) is 0 Å². The first kappa shape index (κ1) is 11.7. The molecule has 0 amide bonds. The molecule has 0 aliphatic rings. The van der Waals surface area contributed by atoms with Crippen molar-refractivity contribution in [1.82, 2.24) is 9.88 Å². The zero-order chi connectivity index (χ0) is 12.3. The smallest absolute Gasteiger partial charge is 0.145 e. The lowest BCUT2D eigenvalue weighted by molar-refractivity contribution is 0.263. The second kappa shape index (κ2) is 5.01. The molecule has 90 valence electrons. The SMILES string of the molecule is CN(C)CCOc1ccc(N)c2cccnc12. The maximum atomic E-state index is 5.90. The van der Waals surface area contributed by atoms with Crippen molar-refractivity contribution in [3.05, 3.63) is 30.5 Å². The number of nitrogen functional groups attached to an aromatic ring is 1. The van der Waals surface area contributed by atoms with Crippen molar-refractivity contribution in [2.45, 2.75) is 0 Å². The van der Waals surface area contributed by atoms with Crippen LogP contribution in [0.5, 0.6) is 5.75 Å². The molecule has 0 aliphatic carbocycles. The molecule has 2 N–H and O–H groups in total. The van der Waals surface area contributed by atoms with Crippen molar-refractivity contribution in [2.75, 3.05) is 33.0 Å². The van der Waals surface area contributed by atoms with Gasteiger partial charge in [0.05, 0.1) is 0 Å². The van der Waals surface area contributed by atoms with Crippen molar-refractivity contribution in [1.29, 1.82) is 0 Å². The van der Waals surface area contributed by atoms with Gasteiger partial charge in [0.15, 0.2) is 0 Å². The Labute approximate surface area is 101 Å². The average Bonchev–Trinajstić information content (AvgIpc) is 2.32. The van der Waals surface area contributed by atoms with Gasteiger partial charge in [-0.05, 0) is 38.4 Å². The molecule has 2 aromatic rings. The lowest BCUT2D eigenvalue weighted by atomic mass is 10.2. The molecule has 1 heterocycles. The zero-order valence-electron chi connectivity index (χ0n) is 10.2. The third-order valence-electron chi connectivity index (χ3n) is 2.56. The highest BCUT2D eigenvalue weighted by Crippen LogP contribution is 2.27. The minimum atomic E-state index is 0.641. The van der Waals surface area contributed by atoms with E-state index >= 15 is 0 Å². The van der Waals surface area contributed by atoms with Crippen LogP contribution in [0.2, 0.25) is 0 Å². The van der Waals surface area contributed by atoms with Gasteiger partial charge in [0.2, 0.25) is 0 Å². The minimum absolute atomic E-state index is 0.641. The molecule has 0 bridgehead atoms. The van der Waals surface area contributed by atoms with Gasteiger partial charge in [0.25, 0.3) is 0 Å². The number of hydrogen-bond donors (Lipinski definition) is 1. The second-order valence-electron chi connectivity index (χ2n) is 4.20. The Morgan fingerprint density at radius 1 is 1.29 bits per heavy atom. The van der Waals surface area contributed by atoms with Crippen molar-refractivity contribution in [2.24, 2.45) is 0 Å². The van der Waals surface area contributed by atoms with Crippen molar-refractivity contribution in [3.63, 3.8) is 0 Å². The Hall–Kier alpha value is -1.81. The Morgan fingerprint density at radius 3 is 2.88 bits per heavy atom. The summed E-state index contributed by atoms with van der Waals surface area (Å²) in [4.78, 5) is 6.40. The summed E-state index contributed by atoms with van der Waals surface area (Å²) in [6.45, 7) is 1.52. The Balaban J connectivity index is 2.26. The van der Waals surface area contributed by atoms with Crippen LogP contribution in [0.3, 0.4) is 0 Å². The fourth-order valence-corrected chi connectivity index (χ4v) is 1.62. The largest absolute Gasteiger partial charge is 0.490 e. The van der Waals surface area contributed by atoms with Gasteiger partial charge in [-0.3, -0.25) is 4.98 Å². The van der Waals surface area contributed by atoms with Gasteiger partial charge in [0, 0.05) is 23.8 Å². The van der Waals surface area contributed by atoms with Crippen molar-refractivity contribution in [3.8, 4) is 5.75 Å². The number of fused-ring (bicyclic) bond motifs is 1. The highest BCUT2D eigenvalue weighted by Gasteiger charge is 2.05. The average molecular weight is 231 g/mol. The van der Waals surface area contributed by atoms with Crippen LogP contribution in [0.4, 0.5) is 5.69 Å². The summed E-state index contributed by atoms with van der Waals surface area (Å²) in [7, 11) is 4.03. The number of nitrogens with zero attached hydrogens (tertiary/aromatic N) is 2. The molecule has 0 spiro atoms. The van der Waals surface area contributed by atoms with Gasteiger partial charge in [0.1, 0.15) is 17.9 Å². The molecule has 0 atom stereocenters. The van der Waals surface area contributed by atoms with E-state index in [0.29, 0.717) is 6.61 Å². The molecule has 0 aliphatic heterocycles.